The van der Waals surface area contributed by atoms with E-state index in [1.165, 1.54) is 0 Å². The fraction of sp³-hybridized carbons (Fsp3) is 0.333. The summed E-state index contributed by atoms with van der Waals surface area (Å²) in [6, 6.07) is 5.75. The van der Waals surface area contributed by atoms with Crippen molar-refractivity contribution in [2.45, 2.75) is 20.0 Å². The first-order chi connectivity index (χ1) is 6.69. The second-order valence-corrected chi connectivity index (χ2v) is 3.25. The third-order valence-corrected chi connectivity index (χ3v) is 1.80. The quantitative estimate of drug-likeness (QED) is 0.729. The van der Waals surface area contributed by atoms with Gasteiger partial charge in [0.25, 0.3) is 0 Å². The summed E-state index contributed by atoms with van der Waals surface area (Å²) in [5, 5.41) is 0. The fourth-order valence-corrected chi connectivity index (χ4v) is 1.22. The van der Waals surface area contributed by atoms with Gasteiger partial charge in [-0.25, -0.2) is 0 Å². The maximum absolute atomic E-state index is 5.66. The predicted molar refractivity (Wildman–Crippen MR) is 58.8 cm³/mol. The first-order valence-corrected chi connectivity index (χ1v) is 4.65. The molecule has 1 aromatic rings. The van der Waals surface area contributed by atoms with Crippen molar-refractivity contribution in [3.63, 3.8) is 0 Å². The molecule has 0 heterocycles. The van der Waals surface area contributed by atoms with Crippen molar-refractivity contribution in [3.05, 3.63) is 30.3 Å². The second kappa shape index (κ2) is 4.70. The van der Waals surface area contributed by atoms with Crippen LogP contribution in [0.1, 0.15) is 19.4 Å². The Bertz CT molecular complexity index is 316. The minimum absolute atomic E-state index is 0.130. The monoisotopic (exact) mass is 192 g/mol. The first-order valence-electron chi connectivity index (χ1n) is 4.65. The lowest BCUT2D eigenvalue weighted by Crippen LogP contribution is -2.07. The smallest absolute Gasteiger partial charge is 0.168 e. The molecular weight excluding hydrogens is 176 g/mol. The number of hydrogen-bond donors (Lipinski definition) is 0. The van der Waals surface area contributed by atoms with Gasteiger partial charge in [0, 0.05) is 5.56 Å². The largest absolute Gasteiger partial charge is 0.493 e. The van der Waals surface area contributed by atoms with Crippen LogP contribution >= 0.6 is 0 Å². The molecule has 0 aliphatic heterocycles. The van der Waals surface area contributed by atoms with E-state index in [1.54, 1.807) is 13.2 Å². The summed E-state index contributed by atoms with van der Waals surface area (Å²) in [6.07, 6.45) is 1.89. The molecule has 0 aliphatic rings. The first kappa shape index (κ1) is 10.6. The Labute approximate surface area is 85.2 Å². The number of methoxy groups -OCH3 is 1. The maximum Gasteiger partial charge on any atom is 0.168 e. The van der Waals surface area contributed by atoms with Crippen LogP contribution in [0.4, 0.5) is 0 Å². The van der Waals surface area contributed by atoms with E-state index in [2.05, 4.69) is 6.58 Å². The molecule has 0 amide bonds. The van der Waals surface area contributed by atoms with Crippen LogP contribution in [-0.2, 0) is 0 Å². The molecule has 0 N–H and O–H groups in total. The van der Waals surface area contributed by atoms with Gasteiger partial charge < -0.3 is 9.47 Å². The van der Waals surface area contributed by atoms with Crippen LogP contribution in [-0.4, -0.2) is 13.2 Å². The molecule has 2 heteroatoms. The van der Waals surface area contributed by atoms with E-state index in [0.717, 1.165) is 17.1 Å². The lowest BCUT2D eigenvalue weighted by atomic mass is 10.2. The van der Waals surface area contributed by atoms with Crippen LogP contribution in [0.25, 0.3) is 6.08 Å². The van der Waals surface area contributed by atoms with Gasteiger partial charge in [-0.2, -0.15) is 0 Å². The number of rotatable bonds is 4. The normalized spacial score (nSPS) is 10.0. The molecule has 0 atom stereocenters. The zero-order valence-corrected chi connectivity index (χ0v) is 8.91. The van der Waals surface area contributed by atoms with E-state index in [1.807, 2.05) is 32.0 Å². The summed E-state index contributed by atoms with van der Waals surface area (Å²) < 4.78 is 10.9. The number of benzene rings is 1. The molecule has 0 saturated heterocycles. The highest BCUT2D eigenvalue weighted by Crippen LogP contribution is 2.32. The zero-order chi connectivity index (χ0) is 10.6. The van der Waals surface area contributed by atoms with Gasteiger partial charge in [-0.05, 0) is 19.9 Å². The summed E-state index contributed by atoms with van der Waals surface area (Å²) >= 11 is 0. The van der Waals surface area contributed by atoms with Crippen molar-refractivity contribution in [2.24, 2.45) is 0 Å². The van der Waals surface area contributed by atoms with Gasteiger partial charge in [0.1, 0.15) is 0 Å². The fourth-order valence-electron chi connectivity index (χ4n) is 1.22. The van der Waals surface area contributed by atoms with E-state index in [0.29, 0.717) is 0 Å². The second-order valence-electron chi connectivity index (χ2n) is 3.25. The molecule has 76 valence electrons. The predicted octanol–water partition coefficient (Wildman–Crippen LogP) is 3.13. The van der Waals surface area contributed by atoms with Crippen molar-refractivity contribution in [2.75, 3.05) is 7.11 Å². The molecule has 0 bridgehead atoms. The highest BCUT2D eigenvalue weighted by atomic mass is 16.5. The summed E-state index contributed by atoms with van der Waals surface area (Å²) in [7, 11) is 1.63. The van der Waals surface area contributed by atoms with Crippen molar-refractivity contribution in [1.29, 1.82) is 0 Å². The maximum atomic E-state index is 5.66. The summed E-state index contributed by atoms with van der Waals surface area (Å²) in [4.78, 5) is 0. The van der Waals surface area contributed by atoms with Gasteiger partial charge >= 0.3 is 0 Å². The molecular formula is C12H16O2. The van der Waals surface area contributed by atoms with E-state index in [9.17, 15) is 0 Å². The molecule has 0 radical (unpaired) electrons. The Balaban J connectivity index is 3.12. The van der Waals surface area contributed by atoms with Crippen molar-refractivity contribution in [3.8, 4) is 11.5 Å². The highest BCUT2D eigenvalue weighted by molar-refractivity contribution is 5.61. The summed E-state index contributed by atoms with van der Waals surface area (Å²) in [6.45, 7) is 7.71. The molecule has 0 spiro atoms. The Kier molecular flexibility index (Phi) is 3.57. The van der Waals surface area contributed by atoms with Crippen LogP contribution in [0.15, 0.2) is 24.8 Å². The Hall–Kier alpha value is -1.44. The van der Waals surface area contributed by atoms with Gasteiger partial charge in [-0.3, -0.25) is 0 Å². The van der Waals surface area contributed by atoms with E-state index < -0.39 is 0 Å². The molecule has 1 rings (SSSR count). The van der Waals surface area contributed by atoms with Gasteiger partial charge in [-0.1, -0.05) is 24.8 Å². The van der Waals surface area contributed by atoms with E-state index >= 15 is 0 Å². The highest BCUT2D eigenvalue weighted by Gasteiger charge is 2.09. The number of para-hydroxylation sites is 1. The van der Waals surface area contributed by atoms with Gasteiger partial charge in [0.2, 0.25) is 0 Å². The molecule has 0 saturated carbocycles. The van der Waals surface area contributed by atoms with Gasteiger partial charge in [-0.15, -0.1) is 0 Å². The molecule has 2 nitrogen and oxygen atoms in total. The van der Waals surface area contributed by atoms with Crippen LogP contribution < -0.4 is 9.47 Å². The molecule has 0 unspecified atom stereocenters. The molecule has 0 aromatic heterocycles. The van der Waals surface area contributed by atoms with Gasteiger partial charge in [0.15, 0.2) is 11.5 Å². The minimum Gasteiger partial charge on any atom is -0.493 e. The molecule has 0 aliphatic carbocycles. The van der Waals surface area contributed by atoms with Crippen LogP contribution in [0.5, 0.6) is 11.5 Å². The van der Waals surface area contributed by atoms with E-state index in [4.69, 9.17) is 9.47 Å². The third kappa shape index (κ3) is 2.28. The molecule has 0 fully saturated rings. The molecule has 14 heavy (non-hydrogen) atoms. The van der Waals surface area contributed by atoms with Crippen LogP contribution in [0.3, 0.4) is 0 Å². The lowest BCUT2D eigenvalue weighted by molar-refractivity contribution is 0.229. The summed E-state index contributed by atoms with van der Waals surface area (Å²) in [5.74, 6) is 1.51. The van der Waals surface area contributed by atoms with Crippen molar-refractivity contribution < 1.29 is 9.47 Å². The SMILES string of the molecule is C=Cc1cccc(OC)c1OC(C)C. The van der Waals surface area contributed by atoms with Crippen molar-refractivity contribution in [1.82, 2.24) is 0 Å². The topological polar surface area (TPSA) is 18.5 Å². The zero-order valence-electron chi connectivity index (χ0n) is 8.91. The van der Waals surface area contributed by atoms with Crippen LogP contribution in [0.2, 0.25) is 0 Å². The summed E-state index contributed by atoms with van der Waals surface area (Å²) in [5.41, 5.74) is 0.957. The Morgan fingerprint density at radius 2 is 2.07 bits per heavy atom. The third-order valence-electron chi connectivity index (χ3n) is 1.80. The minimum atomic E-state index is 0.130. The van der Waals surface area contributed by atoms with Gasteiger partial charge in [0.05, 0.1) is 13.2 Å². The van der Waals surface area contributed by atoms with Crippen LogP contribution in [0, 0.1) is 0 Å². The average molecular weight is 192 g/mol. The standard InChI is InChI=1S/C12H16O2/c1-5-10-7-6-8-11(13-4)12(10)14-9(2)3/h5-9H,1H2,2-4H3. The Morgan fingerprint density at radius 1 is 1.36 bits per heavy atom. The number of hydrogen-bond acceptors (Lipinski definition) is 2. The Morgan fingerprint density at radius 3 is 2.57 bits per heavy atom. The van der Waals surface area contributed by atoms with Crippen molar-refractivity contribution >= 4 is 6.08 Å². The molecule has 1 aromatic carbocycles. The lowest BCUT2D eigenvalue weighted by Gasteiger charge is -2.15. The van der Waals surface area contributed by atoms with E-state index in [-0.39, 0.29) is 6.10 Å². The average Bonchev–Trinajstić information content (AvgIpc) is 2.17. The number of ether oxygens (including phenoxy) is 2.